The number of carbonyl (C=O) groups excluding carboxylic acids is 1. The summed E-state index contributed by atoms with van der Waals surface area (Å²) in [6.07, 6.45) is 13.7. The lowest BCUT2D eigenvalue weighted by Crippen LogP contribution is -2.54. The molecule has 130 valence electrons. The second-order valence-electron chi connectivity index (χ2n) is 9.50. The maximum atomic E-state index is 12.6. The van der Waals surface area contributed by atoms with Crippen LogP contribution in [-0.4, -0.2) is 36.5 Å². The minimum absolute atomic E-state index is 0.0172. The third-order valence-corrected chi connectivity index (χ3v) is 7.49. The molecule has 1 N–H and O–H groups in total. The minimum atomic E-state index is 0.0172. The lowest BCUT2D eigenvalue weighted by molar-refractivity contribution is -0.128. The van der Waals surface area contributed by atoms with Crippen molar-refractivity contribution in [2.45, 2.75) is 83.2 Å². The van der Waals surface area contributed by atoms with E-state index in [4.69, 9.17) is 0 Å². The molecule has 5 fully saturated rings. The van der Waals surface area contributed by atoms with E-state index in [9.17, 15) is 4.79 Å². The molecule has 0 spiro atoms. The van der Waals surface area contributed by atoms with E-state index < -0.39 is 0 Å². The first-order chi connectivity index (χ1) is 11.0. The number of amides is 1. The van der Waals surface area contributed by atoms with Gasteiger partial charge in [0.1, 0.15) is 0 Å². The van der Waals surface area contributed by atoms with Crippen LogP contribution in [0, 0.1) is 23.2 Å². The molecule has 0 saturated heterocycles. The number of hydrogen-bond acceptors (Lipinski definition) is 2. The van der Waals surface area contributed by atoms with E-state index in [2.05, 4.69) is 24.2 Å². The predicted octanol–water partition coefficient (Wildman–Crippen LogP) is 3.58. The molecule has 3 nitrogen and oxygen atoms in total. The van der Waals surface area contributed by atoms with Crippen LogP contribution < -0.4 is 5.32 Å². The van der Waals surface area contributed by atoms with Gasteiger partial charge in [-0.15, -0.1) is 0 Å². The normalized spacial score (nSPS) is 40.7. The molecule has 0 aliphatic heterocycles. The van der Waals surface area contributed by atoms with E-state index in [0.29, 0.717) is 11.5 Å². The fourth-order valence-electron chi connectivity index (χ4n) is 6.74. The summed E-state index contributed by atoms with van der Waals surface area (Å²) in [5.41, 5.74) is 0.533. The quantitative estimate of drug-likeness (QED) is 0.840. The zero-order chi connectivity index (χ0) is 16.0. The van der Waals surface area contributed by atoms with Crippen molar-refractivity contribution in [2.75, 3.05) is 13.6 Å². The van der Waals surface area contributed by atoms with E-state index >= 15 is 0 Å². The molecule has 0 aromatic heterocycles. The van der Waals surface area contributed by atoms with E-state index in [1.54, 1.807) is 0 Å². The van der Waals surface area contributed by atoms with Crippen molar-refractivity contribution in [1.29, 1.82) is 0 Å². The van der Waals surface area contributed by atoms with Crippen molar-refractivity contribution >= 4 is 5.91 Å². The van der Waals surface area contributed by atoms with Crippen LogP contribution in [0.3, 0.4) is 0 Å². The topological polar surface area (TPSA) is 32.3 Å². The average Bonchev–Trinajstić information content (AvgIpc) is 2.97. The molecule has 1 unspecified atom stereocenters. The second-order valence-corrected chi connectivity index (χ2v) is 9.50. The highest BCUT2D eigenvalue weighted by Gasteiger charge is 2.51. The Morgan fingerprint density at radius 1 is 1.09 bits per heavy atom. The van der Waals surface area contributed by atoms with Crippen molar-refractivity contribution in [3.8, 4) is 0 Å². The molecule has 5 saturated carbocycles. The largest absolute Gasteiger partial charge is 0.352 e. The highest BCUT2D eigenvalue weighted by Crippen LogP contribution is 2.60. The third kappa shape index (κ3) is 3.18. The molecule has 1 amide bonds. The van der Waals surface area contributed by atoms with Crippen LogP contribution >= 0.6 is 0 Å². The lowest BCUT2D eigenvalue weighted by atomic mass is 9.49. The van der Waals surface area contributed by atoms with Gasteiger partial charge in [-0.3, -0.25) is 9.69 Å². The molecule has 5 aliphatic carbocycles. The highest BCUT2D eigenvalue weighted by molar-refractivity contribution is 5.81. The summed E-state index contributed by atoms with van der Waals surface area (Å²) in [5.74, 6) is 3.25. The van der Waals surface area contributed by atoms with Gasteiger partial charge in [-0.1, -0.05) is 12.8 Å². The van der Waals surface area contributed by atoms with Crippen LogP contribution in [0.4, 0.5) is 0 Å². The van der Waals surface area contributed by atoms with Crippen molar-refractivity contribution in [2.24, 2.45) is 23.2 Å². The monoisotopic (exact) mass is 318 g/mol. The average molecular weight is 319 g/mol. The number of nitrogens with one attached hydrogen (secondary N) is 1. The van der Waals surface area contributed by atoms with Gasteiger partial charge >= 0.3 is 0 Å². The Balaban J connectivity index is 1.35. The molecule has 5 rings (SSSR count). The molecule has 0 aromatic carbocycles. The van der Waals surface area contributed by atoms with Crippen molar-refractivity contribution in [3.05, 3.63) is 0 Å². The fourth-order valence-corrected chi connectivity index (χ4v) is 6.74. The zero-order valence-electron chi connectivity index (χ0n) is 15.0. The molecular weight excluding hydrogens is 284 g/mol. The Bertz CT molecular complexity index is 419. The Hall–Kier alpha value is -0.570. The smallest absolute Gasteiger partial charge is 0.237 e. The molecule has 0 aromatic rings. The second kappa shape index (κ2) is 6.06. The van der Waals surface area contributed by atoms with Crippen LogP contribution in [0.15, 0.2) is 0 Å². The van der Waals surface area contributed by atoms with Crippen LogP contribution in [0.2, 0.25) is 0 Å². The van der Waals surface area contributed by atoms with Gasteiger partial charge < -0.3 is 5.32 Å². The van der Waals surface area contributed by atoms with Crippen LogP contribution in [-0.2, 0) is 4.79 Å². The van der Waals surface area contributed by atoms with Gasteiger partial charge in [0.05, 0.1) is 6.04 Å². The summed E-state index contributed by atoms with van der Waals surface area (Å²) in [5, 5.41) is 3.29. The Morgan fingerprint density at radius 2 is 1.61 bits per heavy atom. The molecule has 1 atom stereocenters. The fraction of sp³-hybridized carbons (Fsp3) is 0.950. The zero-order valence-corrected chi connectivity index (χ0v) is 15.0. The number of likely N-dealkylation sites (N-methyl/N-ethyl adjacent to an activating group) is 1. The molecule has 0 heterocycles. The van der Waals surface area contributed by atoms with Gasteiger partial charge in [-0.25, -0.2) is 0 Å². The molecule has 3 heteroatoms. The first-order valence-electron chi connectivity index (χ1n) is 10.0. The van der Waals surface area contributed by atoms with Crippen LogP contribution in [0.5, 0.6) is 0 Å². The number of rotatable bonds is 5. The third-order valence-electron chi connectivity index (χ3n) is 7.49. The van der Waals surface area contributed by atoms with Gasteiger partial charge in [0, 0.05) is 12.6 Å². The Labute approximate surface area is 141 Å². The summed E-state index contributed by atoms with van der Waals surface area (Å²) in [6.45, 7) is 3.24. The number of carbonyl (C=O) groups is 1. The molecular formula is C20H34N2O. The maximum absolute atomic E-state index is 12.6. The summed E-state index contributed by atoms with van der Waals surface area (Å²) in [7, 11) is 2.18. The molecule has 0 radical (unpaired) electrons. The predicted molar refractivity (Wildman–Crippen MR) is 93.1 cm³/mol. The van der Waals surface area contributed by atoms with Crippen molar-refractivity contribution in [1.82, 2.24) is 10.2 Å². The summed E-state index contributed by atoms with van der Waals surface area (Å²) in [6, 6.07) is 0.460. The SMILES string of the molecule is CC(C(=O)NC1CCCC1)N(C)CC12CC3CC(CC(C3)C1)C2. The number of hydrogen-bond donors (Lipinski definition) is 1. The number of nitrogens with zero attached hydrogens (tertiary/aromatic N) is 1. The maximum Gasteiger partial charge on any atom is 0.237 e. The first kappa shape index (κ1) is 15.9. The molecule has 4 bridgehead atoms. The Morgan fingerprint density at radius 3 is 2.13 bits per heavy atom. The van der Waals surface area contributed by atoms with E-state index in [1.807, 2.05) is 0 Å². The van der Waals surface area contributed by atoms with Crippen molar-refractivity contribution < 1.29 is 4.79 Å². The van der Waals surface area contributed by atoms with Crippen LogP contribution in [0.25, 0.3) is 0 Å². The van der Waals surface area contributed by atoms with E-state index in [0.717, 1.165) is 24.3 Å². The van der Waals surface area contributed by atoms with Gasteiger partial charge in [-0.2, -0.15) is 0 Å². The summed E-state index contributed by atoms with van der Waals surface area (Å²) >= 11 is 0. The van der Waals surface area contributed by atoms with Crippen molar-refractivity contribution in [3.63, 3.8) is 0 Å². The highest BCUT2D eigenvalue weighted by atomic mass is 16.2. The van der Waals surface area contributed by atoms with Crippen LogP contribution in [0.1, 0.15) is 71.1 Å². The van der Waals surface area contributed by atoms with Gasteiger partial charge in [0.2, 0.25) is 5.91 Å². The summed E-state index contributed by atoms with van der Waals surface area (Å²) in [4.78, 5) is 14.9. The Kier molecular flexibility index (Phi) is 4.19. The molecule has 5 aliphatic rings. The van der Waals surface area contributed by atoms with Gasteiger partial charge in [0.25, 0.3) is 0 Å². The van der Waals surface area contributed by atoms with Gasteiger partial charge in [-0.05, 0) is 88.5 Å². The van der Waals surface area contributed by atoms with Gasteiger partial charge in [0.15, 0.2) is 0 Å². The summed E-state index contributed by atoms with van der Waals surface area (Å²) < 4.78 is 0. The minimum Gasteiger partial charge on any atom is -0.352 e. The standard InChI is InChI=1S/C20H34N2O/c1-14(19(23)21-18-5-3-4-6-18)22(2)13-20-10-15-7-16(11-20)9-17(8-15)12-20/h14-18H,3-13H2,1-2H3,(H,21,23). The lowest BCUT2D eigenvalue weighted by Gasteiger charge is -2.58. The van der Waals surface area contributed by atoms with E-state index in [1.165, 1.54) is 64.2 Å². The first-order valence-corrected chi connectivity index (χ1v) is 10.0. The molecule has 23 heavy (non-hydrogen) atoms. The van der Waals surface area contributed by atoms with E-state index in [-0.39, 0.29) is 11.9 Å².